The average molecular weight is 426 g/mol. The van der Waals surface area contributed by atoms with Crippen LogP contribution in [0.5, 0.6) is 5.75 Å². The van der Waals surface area contributed by atoms with E-state index in [1.54, 1.807) is 24.9 Å². The topological polar surface area (TPSA) is 47.0 Å². The second kappa shape index (κ2) is 7.96. The van der Waals surface area contributed by atoms with Gasteiger partial charge in [0.15, 0.2) is 4.34 Å². The van der Waals surface area contributed by atoms with Crippen molar-refractivity contribution in [3.63, 3.8) is 0 Å². The highest BCUT2D eigenvalue weighted by Gasteiger charge is 2.09. The van der Waals surface area contributed by atoms with Crippen LogP contribution in [0.25, 0.3) is 0 Å². The number of halogens is 2. The molecule has 0 aliphatic carbocycles. The number of benzene rings is 2. The Balaban J connectivity index is 1.65. The Morgan fingerprint density at radius 3 is 2.88 bits per heavy atom. The van der Waals surface area contributed by atoms with Crippen LogP contribution >= 0.6 is 39.0 Å². The van der Waals surface area contributed by atoms with Gasteiger partial charge in [0, 0.05) is 10.2 Å². The smallest absolute Gasteiger partial charge is 0.210 e. The van der Waals surface area contributed by atoms with Gasteiger partial charge in [0.1, 0.15) is 11.6 Å². The van der Waals surface area contributed by atoms with Crippen molar-refractivity contribution < 1.29 is 9.13 Å². The van der Waals surface area contributed by atoms with Gasteiger partial charge < -0.3 is 10.1 Å². The van der Waals surface area contributed by atoms with E-state index in [9.17, 15) is 4.39 Å². The summed E-state index contributed by atoms with van der Waals surface area (Å²) in [5.74, 6) is 1.18. The van der Waals surface area contributed by atoms with Gasteiger partial charge in [-0.15, -0.1) is 10.2 Å². The van der Waals surface area contributed by atoms with Gasteiger partial charge in [-0.25, -0.2) is 4.39 Å². The fraction of sp³-hybridized carbons (Fsp3) is 0.125. The first-order valence-electron chi connectivity index (χ1n) is 6.96. The third-order valence-corrected chi connectivity index (χ3v) is 5.88. The maximum atomic E-state index is 13.1. The molecule has 0 saturated heterocycles. The number of anilines is 2. The van der Waals surface area contributed by atoms with E-state index in [1.165, 1.54) is 23.5 Å². The highest BCUT2D eigenvalue weighted by atomic mass is 79.9. The molecule has 0 atom stereocenters. The predicted octanol–water partition coefficient (Wildman–Crippen LogP) is 5.48. The second-order valence-corrected chi connectivity index (χ2v) is 7.78. The van der Waals surface area contributed by atoms with Gasteiger partial charge in [-0.1, -0.05) is 57.2 Å². The first kappa shape index (κ1) is 17.2. The highest BCUT2D eigenvalue weighted by molar-refractivity contribution is 9.10. The normalized spacial score (nSPS) is 10.6. The van der Waals surface area contributed by atoms with E-state index in [2.05, 4.69) is 31.4 Å². The minimum Gasteiger partial charge on any atom is -0.495 e. The standard InChI is InChI=1S/C16H13BrFN3OS2/c1-22-14-5-3-2-4-13(14)19-15-20-21-16(24-15)23-9-10-6-7-11(18)8-12(10)17/h2-8H,9H2,1H3,(H,19,20). The van der Waals surface area contributed by atoms with E-state index in [-0.39, 0.29) is 5.82 Å². The van der Waals surface area contributed by atoms with Gasteiger partial charge >= 0.3 is 0 Å². The van der Waals surface area contributed by atoms with Crippen LogP contribution in [-0.2, 0) is 5.75 Å². The van der Waals surface area contributed by atoms with Gasteiger partial charge in [0.2, 0.25) is 5.13 Å². The summed E-state index contributed by atoms with van der Waals surface area (Å²) in [6.45, 7) is 0. The zero-order chi connectivity index (χ0) is 16.9. The van der Waals surface area contributed by atoms with Crippen LogP contribution in [0, 0.1) is 5.82 Å². The van der Waals surface area contributed by atoms with Gasteiger partial charge in [-0.3, -0.25) is 0 Å². The number of nitrogens with one attached hydrogen (secondary N) is 1. The molecule has 0 bridgehead atoms. The number of nitrogens with zero attached hydrogens (tertiary/aromatic N) is 2. The quantitative estimate of drug-likeness (QED) is 0.529. The van der Waals surface area contributed by atoms with Gasteiger partial charge in [-0.05, 0) is 29.8 Å². The van der Waals surface area contributed by atoms with Gasteiger partial charge in [0.05, 0.1) is 12.8 Å². The highest BCUT2D eigenvalue weighted by Crippen LogP contribution is 2.33. The lowest BCUT2D eigenvalue weighted by atomic mass is 10.2. The number of ether oxygens (including phenoxy) is 1. The minimum atomic E-state index is -0.255. The summed E-state index contributed by atoms with van der Waals surface area (Å²) in [5.41, 5.74) is 1.85. The molecule has 24 heavy (non-hydrogen) atoms. The van der Waals surface area contributed by atoms with E-state index < -0.39 is 0 Å². The molecule has 1 aromatic heterocycles. The van der Waals surface area contributed by atoms with Gasteiger partial charge in [-0.2, -0.15) is 0 Å². The summed E-state index contributed by atoms with van der Waals surface area (Å²) >= 11 is 6.39. The van der Waals surface area contributed by atoms with Crippen LogP contribution in [0.2, 0.25) is 0 Å². The molecule has 0 saturated carbocycles. The maximum absolute atomic E-state index is 13.1. The Morgan fingerprint density at radius 1 is 1.25 bits per heavy atom. The molecule has 0 radical (unpaired) electrons. The minimum absolute atomic E-state index is 0.255. The predicted molar refractivity (Wildman–Crippen MR) is 99.8 cm³/mol. The number of rotatable bonds is 6. The second-order valence-electron chi connectivity index (χ2n) is 4.72. The lowest BCUT2D eigenvalue weighted by Crippen LogP contribution is -1.93. The zero-order valence-electron chi connectivity index (χ0n) is 12.6. The number of hydrogen-bond acceptors (Lipinski definition) is 6. The van der Waals surface area contributed by atoms with Crippen molar-refractivity contribution in [2.75, 3.05) is 12.4 Å². The summed E-state index contributed by atoms with van der Waals surface area (Å²) in [6.07, 6.45) is 0. The van der Waals surface area contributed by atoms with Crippen molar-refractivity contribution in [3.8, 4) is 5.75 Å². The number of aromatic nitrogens is 2. The molecule has 0 spiro atoms. The zero-order valence-corrected chi connectivity index (χ0v) is 15.8. The molecular weight excluding hydrogens is 413 g/mol. The Morgan fingerprint density at radius 2 is 2.08 bits per heavy atom. The molecular formula is C16H13BrFN3OS2. The molecule has 3 rings (SSSR count). The third-order valence-electron chi connectivity index (χ3n) is 3.12. The summed E-state index contributed by atoms with van der Waals surface area (Å²) in [6, 6.07) is 12.3. The fourth-order valence-corrected chi connectivity index (χ4v) is 4.40. The van der Waals surface area contributed by atoms with Crippen molar-refractivity contribution >= 4 is 49.8 Å². The van der Waals surface area contributed by atoms with Crippen molar-refractivity contribution in [1.29, 1.82) is 0 Å². The van der Waals surface area contributed by atoms with E-state index in [0.29, 0.717) is 10.9 Å². The van der Waals surface area contributed by atoms with Gasteiger partial charge in [0.25, 0.3) is 0 Å². The molecule has 4 nitrogen and oxygen atoms in total. The third kappa shape index (κ3) is 4.25. The molecule has 0 aliphatic heterocycles. The van der Waals surface area contributed by atoms with E-state index in [0.717, 1.165) is 25.8 Å². The molecule has 0 unspecified atom stereocenters. The maximum Gasteiger partial charge on any atom is 0.210 e. The Hall–Kier alpha value is -1.64. The van der Waals surface area contributed by atoms with Crippen LogP contribution in [0.1, 0.15) is 5.56 Å². The number of methoxy groups -OCH3 is 1. The Labute approximate surface area is 155 Å². The fourth-order valence-electron chi connectivity index (χ4n) is 1.96. The summed E-state index contributed by atoms with van der Waals surface area (Å²) < 4.78 is 20.0. The lowest BCUT2D eigenvalue weighted by Gasteiger charge is -2.07. The SMILES string of the molecule is COc1ccccc1Nc1nnc(SCc2ccc(F)cc2Br)s1. The molecule has 2 aromatic carbocycles. The number of hydrogen-bond donors (Lipinski definition) is 1. The molecule has 0 fully saturated rings. The van der Waals surface area contributed by atoms with E-state index in [4.69, 9.17) is 4.74 Å². The average Bonchev–Trinajstić information content (AvgIpc) is 3.02. The van der Waals surface area contributed by atoms with E-state index >= 15 is 0 Å². The molecule has 124 valence electrons. The van der Waals surface area contributed by atoms with Crippen molar-refractivity contribution in [1.82, 2.24) is 10.2 Å². The molecule has 1 heterocycles. The first-order chi connectivity index (χ1) is 11.7. The number of para-hydroxylation sites is 2. The summed E-state index contributed by atoms with van der Waals surface area (Å²) in [7, 11) is 1.63. The van der Waals surface area contributed by atoms with Crippen molar-refractivity contribution in [2.45, 2.75) is 10.1 Å². The number of thioether (sulfide) groups is 1. The molecule has 0 aliphatic rings. The van der Waals surface area contributed by atoms with Crippen molar-refractivity contribution in [2.24, 2.45) is 0 Å². The molecule has 8 heteroatoms. The lowest BCUT2D eigenvalue weighted by molar-refractivity contribution is 0.417. The largest absolute Gasteiger partial charge is 0.495 e. The Kier molecular flexibility index (Phi) is 5.70. The molecule has 3 aromatic rings. The van der Waals surface area contributed by atoms with Crippen LogP contribution < -0.4 is 10.1 Å². The summed E-state index contributed by atoms with van der Waals surface area (Å²) in [5, 5.41) is 12.2. The molecule has 1 N–H and O–H groups in total. The monoisotopic (exact) mass is 425 g/mol. The van der Waals surface area contributed by atoms with Crippen LogP contribution in [0.3, 0.4) is 0 Å². The van der Waals surface area contributed by atoms with Crippen molar-refractivity contribution in [3.05, 3.63) is 58.3 Å². The summed E-state index contributed by atoms with van der Waals surface area (Å²) in [4.78, 5) is 0. The van der Waals surface area contributed by atoms with Crippen LogP contribution in [-0.4, -0.2) is 17.3 Å². The first-order valence-corrected chi connectivity index (χ1v) is 9.55. The van der Waals surface area contributed by atoms with Crippen LogP contribution in [0.4, 0.5) is 15.2 Å². The van der Waals surface area contributed by atoms with E-state index in [1.807, 2.05) is 24.3 Å². The Bertz CT molecular complexity index is 844. The van der Waals surface area contributed by atoms with Crippen LogP contribution in [0.15, 0.2) is 51.3 Å². The molecule has 0 amide bonds.